The van der Waals surface area contributed by atoms with Gasteiger partial charge in [-0.3, -0.25) is 9.69 Å². The van der Waals surface area contributed by atoms with Crippen LogP contribution < -0.4 is 20.3 Å². The van der Waals surface area contributed by atoms with Gasteiger partial charge in [-0.25, -0.2) is 0 Å². The zero-order valence-corrected chi connectivity index (χ0v) is 25.3. The third-order valence-corrected chi connectivity index (χ3v) is 9.66. The van der Waals surface area contributed by atoms with E-state index in [-0.39, 0.29) is 28.9 Å². The summed E-state index contributed by atoms with van der Waals surface area (Å²) in [6, 6.07) is 15.0. The molecule has 41 heavy (non-hydrogen) atoms. The Morgan fingerprint density at radius 3 is 2.29 bits per heavy atom. The second-order valence-electron chi connectivity index (χ2n) is 13.1. The second kappa shape index (κ2) is 11.4. The lowest BCUT2D eigenvalue weighted by Crippen LogP contribution is -2.74. The molecule has 2 heterocycles. The number of rotatable bonds is 7. The van der Waals surface area contributed by atoms with Crippen molar-refractivity contribution < 1.29 is 14.6 Å². The van der Waals surface area contributed by atoms with Crippen LogP contribution in [-0.4, -0.2) is 79.5 Å². The van der Waals surface area contributed by atoms with Crippen molar-refractivity contribution in [2.45, 2.75) is 58.3 Å². The first-order valence-corrected chi connectivity index (χ1v) is 15.0. The number of hydrogen-bond acceptors (Lipinski definition) is 7. The average Bonchev–Trinajstić information content (AvgIpc) is 2.95. The van der Waals surface area contributed by atoms with E-state index in [1.54, 1.807) is 18.2 Å². The minimum absolute atomic E-state index is 0.0936. The molecule has 3 fully saturated rings. The van der Waals surface area contributed by atoms with Crippen LogP contribution in [0.15, 0.2) is 42.5 Å². The van der Waals surface area contributed by atoms with Gasteiger partial charge in [0.15, 0.2) is 0 Å². The molecule has 0 unspecified atom stereocenters. The number of nitrogens with zero attached hydrogens (tertiary/aromatic N) is 3. The molecule has 0 aromatic heterocycles. The molecule has 2 aromatic rings. The van der Waals surface area contributed by atoms with E-state index in [1.807, 2.05) is 24.3 Å². The van der Waals surface area contributed by atoms with Crippen LogP contribution in [0.3, 0.4) is 0 Å². The number of nitrogens with one attached hydrogen (secondary N) is 2. The Labute approximate surface area is 248 Å². The maximum absolute atomic E-state index is 13.3. The summed E-state index contributed by atoms with van der Waals surface area (Å²) in [6.07, 6.45) is 1.47. The standard InChI is InChI=1S/C32H42ClN5O3/c1-30(2)28(31(3,4)29(30)41-25-10-7-23(20-34)26(33)19-25)36-27(39)22-5-8-24(9-6-22)38-17-15-37(16-18-38)21-32(40)11-13-35-14-12-32/h5-10,19,28-29,35,40H,11-18,21H2,1-4H3,(H,36,39)/t28-,29-. The molecule has 220 valence electrons. The van der Waals surface area contributed by atoms with Crippen LogP contribution in [0.2, 0.25) is 5.02 Å². The van der Waals surface area contributed by atoms with E-state index in [1.165, 1.54) is 0 Å². The summed E-state index contributed by atoms with van der Waals surface area (Å²) in [5, 5.41) is 27.0. The first-order valence-electron chi connectivity index (χ1n) is 14.6. The number of nitriles is 1. The molecular weight excluding hydrogens is 538 g/mol. The van der Waals surface area contributed by atoms with Crippen LogP contribution in [-0.2, 0) is 0 Å². The van der Waals surface area contributed by atoms with Crippen molar-refractivity contribution in [3.05, 3.63) is 58.6 Å². The lowest BCUT2D eigenvalue weighted by atomic mass is 9.49. The fourth-order valence-electron chi connectivity index (χ4n) is 7.26. The quantitative estimate of drug-likeness (QED) is 0.455. The fourth-order valence-corrected chi connectivity index (χ4v) is 7.48. The Hall–Kier alpha value is -2.83. The molecule has 0 atom stereocenters. The lowest BCUT2D eigenvalue weighted by molar-refractivity contribution is -0.164. The highest BCUT2D eigenvalue weighted by Crippen LogP contribution is 2.55. The number of halogens is 1. The van der Waals surface area contributed by atoms with Crippen molar-refractivity contribution >= 4 is 23.2 Å². The maximum Gasteiger partial charge on any atom is 0.251 e. The molecule has 0 bridgehead atoms. The van der Waals surface area contributed by atoms with Crippen LogP contribution in [0.1, 0.15) is 56.5 Å². The molecule has 2 saturated heterocycles. The number of anilines is 1. The Balaban J connectivity index is 1.15. The normalized spacial score (nSPS) is 25.0. The summed E-state index contributed by atoms with van der Waals surface area (Å²) in [7, 11) is 0. The molecule has 1 saturated carbocycles. The van der Waals surface area contributed by atoms with Crippen molar-refractivity contribution in [1.29, 1.82) is 5.26 Å². The number of β-amino-alcohol motifs (C(OH)–C–C–N with tert-alkyl or cyclic N) is 1. The monoisotopic (exact) mass is 579 g/mol. The van der Waals surface area contributed by atoms with Gasteiger partial charge in [-0.05, 0) is 62.3 Å². The van der Waals surface area contributed by atoms with Crippen molar-refractivity contribution in [3.8, 4) is 11.8 Å². The van der Waals surface area contributed by atoms with Gasteiger partial charge in [0.05, 0.1) is 16.2 Å². The molecule has 2 aromatic carbocycles. The van der Waals surface area contributed by atoms with Gasteiger partial charge in [0.2, 0.25) is 0 Å². The lowest BCUT2D eigenvalue weighted by Gasteiger charge is -2.63. The number of piperazine rings is 1. The van der Waals surface area contributed by atoms with Gasteiger partial charge < -0.3 is 25.4 Å². The number of benzene rings is 2. The summed E-state index contributed by atoms with van der Waals surface area (Å²) in [5.41, 5.74) is 0.948. The molecule has 8 nitrogen and oxygen atoms in total. The van der Waals surface area contributed by atoms with Gasteiger partial charge in [0.25, 0.3) is 5.91 Å². The highest BCUT2D eigenvalue weighted by atomic mass is 35.5. The highest BCUT2D eigenvalue weighted by molar-refractivity contribution is 6.31. The van der Waals surface area contributed by atoms with Gasteiger partial charge in [0.1, 0.15) is 17.9 Å². The van der Waals surface area contributed by atoms with Crippen LogP contribution >= 0.6 is 11.6 Å². The Morgan fingerprint density at radius 1 is 1.07 bits per heavy atom. The number of carbonyl (C=O) groups is 1. The molecular formula is C32H42ClN5O3. The van der Waals surface area contributed by atoms with E-state index < -0.39 is 5.60 Å². The van der Waals surface area contributed by atoms with Gasteiger partial charge >= 0.3 is 0 Å². The third kappa shape index (κ3) is 6.05. The Bertz CT molecular complexity index is 1280. The van der Waals surface area contributed by atoms with Gasteiger partial charge in [-0.2, -0.15) is 5.26 Å². The molecule has 3 aliphatic rings. The Kier molecular flexibility index (Phi) is 8.28. The number of amides is 1. The molecule has 2 aliphatic heterocycles. The zero-order chi connectivity index (χ0) is 29.4. The summed E-state index contributed by atoms with van der Waals surface area (Å²) in [5.74, 6) is 0.520. The number of carbonyl (C=O) groups excluding carboxylic acids is 1. The fraction of sp³-hybridized carbons (Fsp3) is 0.562. The SMILES string of the molecule is CC1(C)[C@H](NC(=O)c2ccc(N3CCN(CC4(O)CCNCC4)CC3)cc2)C(C)(C)[C@H]1Oc1ccc(C#N)c(Cl)c1. The summed E-state index contributed by atoms with van der Waals surface area (Å²) in [6.45, 7) is 14.6. The first-order chi connectivity index (χ1) is 19.4. The predicted molar refractivity (Wildman–Crippen MR) is 162 cm³/mol. The highest BCUT2D eigenvalue weighted by Gasteiger charge is 2.64. The van der Waals surface area contributed by atoms with Crippen LogP contribution in [0.25, 0.3) is 0 Å². The summed E-state index contributed by atoms with van der Waals surface area (Å²) < 4.78 is 6.35. The molecule has 3 N–H and O–H groups in total. The maximum atomic E-state index is 13.3. The Morgan fingerprint density at radius 2 is 1.71 bits per heavy atom. The van der Waals surface area contributed by atoms with E-state index in [9.17, 15) is 9.90 Å². The van der Waals surface area contributed by atoms with E-state index in [0.717, 1.165) is 64.3 Å². The van der Waals surface area contributed by atoms with Crippen molar-refractivity contribution in [3.63, 3.8) is 0 Å². The van der Waals surface area contributed by atoms with Crippen LogP contribution in [0, 0.1) is 22.2 Å². The molecule has 1 amide bonds. The smallest absolute Gasteiger partial charge is 0.251 e. The molecule has 9 heteroatoms. The summed E-state index contributed by atoms with van der Waals surface area (Å²) in [4.78, 5) is 18.0. The van der Waals surface area contributed by atoms with Crippen molar-refractivity contribution in [2.24, 2.45) is 10.8 Å². The van der Waals surface area contributed by atoms with Gasteiger partial charge in [-0.1, -0.05) is 39.3 Å². The molecule has 0 radical (unpaired) electrons. The zero-order valence-electron chi connectivity index (χ0n) is 24.5. The largest absolute Gasteiger partial charge is 0.489 e. The van der Waals surface area contributed by atoms with Crippen molar-refractivity contribution in [1.82, 2.24) is 15.5 Å². The topological polar surface area (TPSA) is 101 Å². The minimum Gasteiger partial charge on any atom is -0.489 e. The van der Waals surface area contributed by atoms with E-state index in [2.05, 4.69) is 54.2 Å². The molecule has 5 rings (SSSR count). The van der Waals surface area contributed by atoms with E-state index in [0.29, 0.717) is 21.9 Å². The van der Waals surface area contributed by atoms with Crippen molar-refractivity contribution in [2.75, 3.05) is 50.7 Å². The first kappa shape index (κ1) is 29.7. The predicted octanol–water partition coefficient (Wildman–Crippen LogP) is 4.06. The number of aliphatic hydroxyl groups is 1. The average molecular weight is 580 g/mol. The number of piperidine rings is 1. The van der Waals surface area contributed by atoms with E-state index in [4.69, 9.17) is 21.6 Å². The molecule has 0 spiro atoms. The van der Waals surface area contributed by atoms with Gasteiger partial charge in [0, 0.05) is 66.9 Å². The number of ether oxygens (including phenoxy) is 1. The minimum atomic E-state index is -0.574. The van der Waals surface area contributed by atoms with Crippen LogP contribution in [0.5, 0.6) is 5.75 Å². The molecule has 1 aliphatic carbocycles. The van der Waals surface area contributed by atoms with Gasteiger partial charge in [-0.15, -0.1) is 0 Å². The third-order valence-electron chi connectivity index (χ3n) is 9.35. The summed E-state index contributed by atoms with van der Waals surface area (Å²) >= 11 is 6.21. The number of hydrogen-bond donors (Lipinski definition) is 3. The van der Waals surface area contributed by atoms with Crippen LogP contribution in [0.4, 0.5) is 5.69 Å². The van der Waals surface area contributed by atoms with E-state index >= 15 is 0 Å². The second-order valence-corrected chi connectivity index (χ2v) is 13.5.